The zero-order chi connectivity index (χ0) is 13.1. The van der Waals surface area contributed by atoms with Crippen LogP contribution < -0.4 is 0 Å². The minimum atomic E-state index is 0.323. The molecule has 96 valence electrons. The van der Waals surface area contributed by atoms with Crippen molar-refractivity contribution in [3.63, 3.8) is 0 Å². The van der Waals surface area contributed by atoms with Gasteiger partial charge >= 0.3 is 0 Å². The number of rotatable bonds is 4. The molecule has 0 saturated carbocycles. The number of nitrogens with zero attached hydrogens (tertiary/aromatic N) is 3. The van der Waals surface area contributed by atoms with Crippen LogP contribution in [0.3, 0.4) is 0 Å². The molecule has 0 aliphatic carbocycles. The zero-order valence-corrected chi connectivity index (χ0v) is 12.3. The smallest absolute Gasteiger partial charge is 0.138 e. The van der Waals surface area contributed by atoms with E-state index in [4.69, 9.17) is 11.6 Å². The predicted molar refractivity (Wildman–Crippen MR) is 76.0 cm³/mol. The van der Waals surface area contributed by atoms with E-state index in [0.29, 0.717) is 16.9 Å². The molecule has 0 amide bonds. The fourth-order valence-corrected chi connectivity index (χ4v) is 2.38. The molecular formula is C13H16ClN3S. The average Bonchev–Trinajstić information content (AvgIpc) is 2.75. The Morgan fingerprint density at radius 3 is 2.56 bits per heavy atom. The van der Waals surface area contributed by atoms with Gasteiger partial charge in [-0.25, -0.2) is 0 Å². The molecule has 1 atom stereocenters. The van der Waals surface area contributed by atoms with Crippen molar-refractivity contribution in [2.24, 2.45) is 0 Å². The first-order valence-corrected chi connectivity index (χ1v) is 6.96. The molecule has 2 aromatic rings. The molecule has 2 rings (SSSR count). The highest BCUT2D eigenvalue weighted by Gasteiger charge is 2.15. The van der Waals surface area contributed by atoms with Crippen molar-refractivity contribution in [1.29, 1.82) is 0 Å². The van der Waals surface area contributed by atoms with Crippen LogP contribution in [0.5, 0.6) is 0 Å². The van der Waals surface area contributed by atoms with E-state index in [0.717, 1.165) is 5.69 Å². The first-order valence-electron chi connectivity index (χ1n) is 5.81. The van der Waals surface area contributed by atoms with Gasteiger partial charge in [-0.05, 0) is 26.5 Å². The van der Waals surface area contributed by atoms with Crippen molar-refractivity contribution >= 4 is 23.1 Å². The van der Waals surface area contributed by atoms with Crippen LogP contribution in [0.1, 0.15) is 29.8 Å². The number of hydrogen-bond donors (Lipinski definition) is 0. The fraction of sp³-hybridized carbons (Fsp3) is 0.385. The molecule has 0 spiro atoms. The Morgan fingerprint density at radius 1 is 1.33 bits per heavy atom. The van der Waals surface area contributed by atoms with Gasteiger partial charge in [0, 0.05) is 24.1 Å². The van der Waals surface area contributed by atoms with Crippen molar-refractivity contribution in [1.82, 2.24) is 14.5 Å². The zero-order valence-electron chi connectivity index (χ0n) is 10.7. The van der Waals surface area contributed by atoms with E-state index in [2.05, 4.69) is 59.6 Å². The summed E-state index contributed by atoms with van der Waals surface area (Å²) in [6.07, 6.45) is 0. The van der Waals surface area contributed by atoms with Gasteiger partial charge in [-0.2, -0.15) is 0 Å². The van der Waals surface area contributed by atoms with E-state index in [1.807, 2.05) is 0 Å². The van der Waals surface area contributed by atoms with Gasteiger partial charge in [-0.15, -0.1) is 5.10 Å². The van der Waals surface area contributed by atoms with E-state index in [-0.39, 0.29) is 0 Å². The maximum absolute atomic E-state index is 6.02. The summed E-state index contributed by atoms with van der Waals surface area (Å²) in [7, 11) is 2.07. The molecule has 0 aliphatic rings. The van der Waals surface area contributed by atoms with Gasteiger partial charge in [0.05, 0.1) is 0 Å². The van der Waals surface area contributed by atoms with E-state index in [1.165, 1.54) is 22.7 Å². The van der Waals surface area contributed by atoms with Crippen LogP contribution in [0.25, 0.3) is 0 Å². The number of aryl methyl sites for hydroxylation is 1. The lowest BCUT2D eigenvalue weighted by Gasteiger charge is -2.24. The summed E-state index contributed by atoms with van der Waals surface area (Å²) < 4.78 is 4.53. The molecule has 3 nitrogen and oxygen atoms in total. The molecule has 1 unspecified atom stereocenters. The molecule has 0 radical (unpaired) electrons. The summed E-state index contributed by atoms with van der Waals surface area (Å²) in [5.41, 5.74) is 3.42. The number of aromatic nitrogens is 2. The van der Waals surface area contributed by atoms with Crippen molar-refractivity contribution in [2.75, 3.05) is 7.05 Å². The van der Waals surface area contributed by atoms with Gasteiger partial charge in [0.2, 0.25) is 0 Å². The Bertz CT molecular complexity index is 509. The largest absolute Gasteiger partial charge is 0.294 e. The monoisotopic (exact) mass is 281 g/mol. The molecule has 1 aromatic carbocycles. The summed E-state index contributed by atoms with van der Waals surface area (Å²) in [4.78, 5) is 2.22. The molecule has 18 heavy (non-hydrogen) atoms. The lowest BCUT2D eigenvalue weighted by molar-refractivity contribution is 0.250. The number of benzene rings is 1. The van der Waals surface area contributed by atoms with E-state index >= 15 is 0 Å². The van der Waals surface area contributed by atoms with E-state index in [1.54, 1.807) is 0 Å². The second-order valence-electron chi connectivity index (χ2n) is 4.50. The molecule has 0 bridgehead atoms. The Hall–Kier alpha value is -0.970. The van der Waals surface area contributed by atoms with Gasteiger partial charge in [0.15, 0.2) is 0 Å². The normalized spacial score (nSPS) is 12.9. The Kier molecular flexibility index (Phi) is 4.32. The lowest BCUT2D eigenvalue weighted by Crippen LogP contribution is -2.22. The average molecular weight is 282 g/mol. The van der Waals surface area contributed by atoms with Gasteiger partial charge in [0.25, 0.3) is 0 Å². The minimum Gasteiger partial charge on any atom is -0.294 e. The van der Waals surface area contributed by atoms with Crippen LogP contribution in [0.2, 0.25) is 4.34 Å². The molecule has 0 aliphatic heterocycles. The van der Waals surface area contributed by atoms with Gasteiger partial charge in [-0.1, -0.05) is 45.9 Å². The van der Waals surface area contributed by atoms with Crippen LogP contribution in [0.4, 0.5) is 0 Å². The molecule has 0 fully saturated rings. The highest BCUT2D eigenvalue weighted by molar-refractivity contribution is 7.10. The first kappa shape index (κ1) is 13.5. The van der Waals surface area contributed by atoms with Gasteiger partial charge < -0.3 is 0 Å². The van der Waals surface area contributed by atoms with Gasteiger partial charge in [-0.3, -0.25) is 4.90 Å². The Balaban J connectivity index is 2.07. The lowest BCUT2D eigenvalue weighted by atomic mass is 10.1. The molecular weight excluding hydrogens is 266 g/mol. The second kappa shape index (κ2) is 5.78. The van der Waals surface area contributed by atoms with Crippen LogP contribution in [0.15, 0.2) is 24.3 Å². The van der Waals surface area contributed by atoms with Gasteiger partial charge in [0.1, 0.15) is 10.0 Å². The third-order valence-corrected chi connectivity index (χ3v) is 4.11. The standard InChI is InChI=1S/C13H16ClN3S/c1-9-4-6-11(7-5-9)10(2)17(3)8-12-13(14)18-16-15-12/h4-7,10H,8H2,1-3H3. The Morgan fingerprint density at radius 2 is 2.00 bits per heavy atom. The summed E-state index contributed by atoms with van der Waals surface area (Å²) >= 11 is 7.26. The summed E-state index contributed by atoms with van der Waals surface area (Å²) in [6.45, 7) is 4.99. The number of halogens is 1. The third-order valence-electron chi connectivity index (χ3n) is 3.13. The molecule has 1 aromatic heterocycles. The van der Waals surface area contributed by atoms with Crippen molar-refractivity contribution in [3.05, 3.63) is 45.4 Å². The molecule has 5 heteroatoms. The predicted octanol–water partition coefficient (Wildman–Crippen LogP) is 3.69. The van der Waals surface area contributed by atoms with Crippen molar-refractivity contribution in [2.45, 2.75) is 26.4 Å². The summed E-state index contributed by atoms with van der Waals surface area (Å²) in [5, 5.41) is 4.04. The van der Waals surface area contributed by atoms with Crippen molar-refractivity contribution in [3.8, 4) is 0 Å². The van der Waals surface area contributed by atoms with E-state index in [9.17, 15) is 0 Å². The van der Waals surface area contributed by atoms with Crippen LogP contribution in [-0.2, 0) is 6.54 Å². The van der Waals surface area contributed by atoms with E-state index < -0.39 is 0 Å². The minimum absolute atomic E-state index is 0.323. The summed E-state index contributed by atoms with van der Waals surface area (Å²) in [5.74, 6) is 0. The highest BCUT2D eigenvalue weighted by Crippen LogP contribution is 2.24. The third kappa shape index (κ3) is 3.07. The van der Waals surface area contributed by atoms with Crippen molar-refractivity contribution < 1.29 is 0 Å². The van der Waals surface area contributed by atoms with Crippen LogP contribution >= 0.6 is 23.1 Å². The van der Waals surface area contributed by atoms with Crippen LogP contribution in [0, 0.1) is 6.92 Å². The highest BCUT2D eigenvalue weighted by atomic mass is 35.5. The second-order valence-corrected chi connectivity index (χ2v) is 5.85. The van der Waals surface area contributed by atoms with Crippen LogP contribution in [-0.4, -0.2) is 21.5 Å². The SMILES string of the molecule is Cc1ccc(C(C)N(C)Cc2nnsc2Cl)cc1. The first-order chi connectivity index (χ1) is 8.58. The summed E-state index contributed by atoms with van der Waals surface area (Å²) in [6, 6.07) is 8.92. The molecule has 1 heterocycles. The topological polar surface area (TPSA) is 29.0 Å². The maximum atomic E-state index is 6.02. The molecule has 0 saturated heterocycles. The Labute approximate surface area is 117 Å². The molecule has 0 N–H and O–H groups in total. The fourth-order valence-electron chi connectivity index (χ4n) is 1.76. The quantitative estimate of drug-likeness (QED) is 0.856. The maximum Gasteiger partial charge on any atom is 0.138 e. The number of hydrogen-bond acceptors (Lipinski definition) is 4.